The summed E-state index contributed by atoms with van der Waals surface area (Å²) in [5.41, 5.74) is 0. The molecule has 0 rings (SSSR count). The van der Waals surface area contributed by atoms with Crippen LogP contribution in [0, 0.1) is 0 Å². The van der Waals surface area contributed by atoms with Gasteiger partial charge >= 0.3 is 0 Å². The predicted molar refractivity (Wildman–Crippen MR) is 38.4 cm³/mol. The highest BCUT2D eigenvalue weighted by atomic mass is 19.0. The van der Waals surface area contributed by atoms with Crippen molar-refractivity contribution in [1.29, 1.82) is 0 Å². The van der Waals surface area contributed by atoms with E-state index in [0.717, 1.165) is 0 Å². The zero-order valence-electron chi connectivity index (χ0n) is 6.47. The second kappa shape index (κ2) is 7.82. The van der Waals surface area contributed by atoms with E-state index in [2.05, 4.69) is 33.0 Å². The molecule has 9 heavy (non-hydrogen) atoms. The fourth-order valence-corrected chi connectivity index (χ4v) is 0.667. The van der Waals surface area contributed by atoms with Crippen LogP contribution >= 0.6 is 0 Å². The molecule has 0 saturated heterocycles. The van der Waals surface area contributed by atoms with Crippen LogP contribution in [0.25, 0.3) is 0 Å². The van der Waals surface area contributed by atoms with Gasteiger partial charge in [-0.3, -0.25) is 9.41 Å². The lowest BCUT2D eigenvalue weighted by Crippen LogP contribution is -2.29. The molecule has 1 nitrogen and oxygen atoms in total. The first kappa shape index (κ1) is 15.9. The summed E-state index contributed by atoms with van der Waals surface area (Å²) in [7, 11) is 0. The monoisotopic (exact) mass is 141 g/mol. The molecule has 0 heterocycles. The van der Waals surface area contributed by atoms with Gasteiger partial charge in [-0.2, -0.15) is 0 Å². The van der Waals surface area contributed by atoms with E-state index in [1.807, 2.05) is 0 Å². The van der Waals surface area contributed by atoms with Crippen LogP contribution in [-0.4, -0.2) is 12.1 Å². The molecule has 0 aliphatic heterocycles. The third-order valence-corrected chi connectivity index (χ3v) is 0.667. The lowest BCUT2D eigenvalue weighted by Gasteiger charge is -2.10. The largest absolute Gasteiger partial charge is 0.312 e. The lowest BCUT2D eigenvalue weighted by atomic mass is 10.3. The van der Waals surface area contributed by atoms with Gasteiger partial charge in [0.05, 0.1) is 0 Å². The number of halogens is 2. The van der Waals surface area contributed by atoms with E-state index in [1.54, 1.807) is 0 Å². The van der Waals surface area contributed by atoms with Gasteiger partial charge in [-0.15, -0.1) is 0 Å². The molecule has 60 valence electrons. The third kappa shape index (κ3) is 18.2. The molecular weight excluding hydrogens is 124 g/mol. The SMILES string of the molecule is CC(C)NC(C)C.F.F. The summed E-state index contributed by atoms with van der Waals surface area (Å²) in [5, 5.41) is 3.31. The Kier molecular flexibility index (Phi) is 13.8. The Hall–Kier alpha value is -0.180. The third-order valence-electron chi connectivity index (χ3n) is 0.667. The zero-order valence-corrected chi connectivity index (χ0v) is 6.47. The van der Waals surface area contributed by atoms with Crippen LogP contribution in [0.5, 0.6) is 0 Å². The van der Waals surface area contributed by atoms with E-state index in [0.29, 0.717) is 12.1 Å². The summed E-state index contributed by atoms with van der Waals surface area (Å²) in [4.78, 5) is 0. The highest BCUT2D eigenvalue weighted by molar-refractivity contribution is 4.55. The molecule has 1 N–H and O–H groups in total. The van der Waals surface area contributed by atoms with Crippen molar-refractivity contribution < 1.29 is 9.41 Å². The highest BCUT2D eigenvalue weighted by Crippen LogP contribution is 1.80. The van der Waals surface area contributed by atoms with Crippen molar-refractivity contribution in [3.63, 3.8) is 0 Å². The standard InChI is InChI=1S/C6H15N.2FH/c1-5(2)7-6(3)4;;/h5-7H,1-4H3;2*1H. The maximum atomic E-state index is 3.31. The molecule has 0 unspecified atom stereocenters. The molecule has 0 aliphatic carbocycles. The quantitative estimate of drug-likeness (QED) is 0.617. The lowest BCUT2D eigenvalue weighted by molar-refractivity contribution is 0.518. The molecule has 0 bridgehead atoms. The minimum absolute atomic E-state index is 0. The molecule has 0 aromatic rings. The predicted octanol–water partition coefficient (Wildman–Crippen LogP) is 1.70. The van der Waals surface area contributed by atoms with Crippen LogP contribution in [0.1, 0.15) is 27.7 Å². The van der Waals surface area contributed by atoms with Crippen LogP contribution in [-0.2, 0) is 0 Å². The number of nitrogens with one attached hydrogen (secondary N) is 1. The van der Waals surface area contributed by atoms with Gasteiger partial charge in [0.1, 0.15) is 0 Å². The molecule has 3 heteroatoms. The maximum absolute atomic E-state index is 3.31. The fourth-order valence-electron chi connectivity index (χ4n) is 0.667. The van der Waals surface area contributed by atoms with E-state index >= 15 is 0 Å². The van der Waals surface area contributed by atoms with Crippen LogP contribution in [0.15, 0.2) is 0 Å². The first-order valence-electron chi connectivity index (χ1n) is 2.89. The summed E-state index contributed by atoms with van der Waals surface area (Å²) < 4.78 is 0. The molecule has 0 amide bonds. The molecule has 0 radical (unpaired) electrons. The van der Waals surface area contributed by atoms with Gasteiger partial charge in [0.25, 0.3) is 0 Å². The molecule has 0 aliphatic rings. The molecule has 0 spiro atoms. The molecule has 0 aromatic heterocycles. The van der Waals surface area contributed by atoms with Crippen molar-refractivity contribution in [1.82, 2.24) is 5.32 Å². The Labute approximate surface area is 55.6 Å². The van der Waals surface area contributed by atoms with Gasteiger partial charge in [0.2, 0.25) is 0 Å². The smallest absolute Gasteiger partial charge is 0.00127 e. The summed E-state index contributed by atoms with van der Waals surface area (Å²) in [5.74, 6) is 0. The van der Waals surface area contributed by atoms with Gasteiger partial charge in [-0.05, 0) is 0 Å². The maximum Gasteiger partial charge on any atom is 0.00127 e. The average molecular weight is 141 g/mol. The van der Waals surface area contributed by atoms with Crippen molar-refractivity contribution in [2.45, 2.75) is 39.8 Å². The first-order chi connectivity index (χ1) is 3.13. The van der Waals surface area contributed by atoms with E-state index in [9.17, 15) is 0 Å². The van der Waals surface area contributed by atoms with E-state index in [-0.39, 0.29) is 9.41 Å². The summed E-state index contributed by atoms with van der Waals surface area (Å²) >= 11 is 0. The van der Waals surface area contributed by atoms with Crippen molar-refractivity contribution in [2.24, 2.45) is 0 Å². The Morgan fingerprint density at radius 2 is 1.00 bits per heavy atom. The van der Waals surface area contributed by atoms with Crippen molar-refractivity contribution in [3.8, 4) is 0 Å². The van der Waals surface area contributed by atoms with Crippen LogP contribution in [0.3, 0.4) is 0 Å². The summed E-state index contributed by atoms with van der Waals surface area (Å²) in [6.07, 6.45) is 0. The van der Waals surface area contributed by atoms with Gasteiger partial charge in [0, 0.05) is 12.1 Å². The number of rotatable bonds is 2. The number of hydrogen-bond donors (Lipinski definition) is 1. The Morgan fingerprint density at radius 1 is 0.778 bits per heavy atom. The van der Waals surface area contributed by atoms with Crippen molar-refractivity contribution in [2.75, 3.05) is 0 Å². The average Bonchev–Trinajstić information content (AvgIpc) is 1.27. The summed E-state index contributed by atoms with van der Waals surface area (Å²) in [6.45, 7) is 8.61. The van der Waals surface area contributed by atoms with Crippen molar-refractivity contribution >= 4 is 0 Å². The molecule has 0 saturated carbocycles. The van der Waals surface area contributed by atoms with E-state index in [1.165, 1.54) is 0 Å². The Balaban J connectivity index is -0.000000180. The molecule has 0 aromatic carbocycles. The minimum Gasteiger partial charge on any atom is -0.312 e. The highest BCUT2D eigenvalue weighted by Gasteiger charge is 1.92. The van der Waals surface area contributed by atoms with Crippen molar-refractivity contribution in [3.05, 3.63) is 0 Å². The van der Waals surface area contributed by atoms with E-state index in [4.69, 9.17) is 0 Å². The minimum atomic E-state index is 0. The Bertz CT molecular complexity index is 40.3. The van der Waals surface area contributed by atoms with Gasteiger partial charge in [-0.25, -0.2) is 0 Å². The molecule has 0 atom stereocenters. The van der Waals surface area contributed by atoms with E-state index < -0.39 is 0 Å². The molecule has 0 fully saturated rings. The number of hydrogen-bond acceptors (Lipinski definition) is 1. The second-order valence-electron chi connectivity index (χ2n) is 2.48. The Morgan fingerprint density at radius 3 is 1.00 bits per heavy atom. The second-order valence-corrected chi connectivity index (χ2v) is 2.48. The van der Waals surface area contributed by atoms with Crippen LogP contribution in [0.2, 0.25) is 0 Å². The zero-order chi connectivity index (χ0) is 5.86. The normalized spacial score (nSPS) is 8.67. The summed E-state index contributed by atoms with van der Waals surface area (Å²) in [6, 6.07) is 1.25. The van der Waals surface area contributed by atoms with Gasteiger partial charge in [0.15, 0.2) is 0 Å². The van der Waals surface area contributed by atoms with Crippen LogP contribution < -0.4 is 5.32 Å². The van der Waals surface area contributed by atoms with Gasteiger partial charge < -0.3 is 5.32 Å². The fraction of sp³-hybridized carbons (Fsp3) is 1.00. The first-order valence-corrected chi connectivity index (χ1v) is 2.89. The van der Waals surface area contributed by atoms with Crippen LogP contribution in [0.4, 0.5) is 9.41 Å². The van der Waals surface area contributed by atoms with Gasteiger partial charge in [-0.1, -0.05) is 27.7 Å². The topological polar surface area (TPSA) is 12.0 Å². The molecular formula is C6H17F2N.